The number of aryl methyl sites for hydroxylation is 3. The molecule has 0 bridgehead atoms. The lowest BCUT2D eigenvalue weighted by molar-refractivity contribution is -0.113. The molecule has 106 valence electrons. The lowest BCUT2D eigenvalue weighted by Gasteiger charge is -2.08. The maximum atomic E-state index is 11.9. The number of amides is 1. The topological polar surface area (TPSA) is 70.7 Å². The second-order valence-electron chi connectivity index (χ2n) is 4.57. The van der Waals surface area contributed by atoms with Gasteiger partial charge in [-0.1, -0.05) is 30.8 Å². The lowest BCUT2D eigenvalue weighted by Crippen LogP contribution is -2.15. The maximum absolute atomic E-state index is 11.9. The number of nitrogens with one attached hydrogen (secondary N) is 2. The van der Waals surface area contributed by atoms with E-state index in [2.05, 4.69) is 20.5 Å². The minimum atomic E-state index is -0.0495. The third-order valence-corrected chi connectivity index (χ3v) is 3.69. The van der Waals surface area contributed by atoms with Gasteiger partial charge in [-0.05, 0) is 31.0 Å². The summed E-state index contributed by atoms with van der Waals surface area (Å²) in [4.78, 5) is 16.2. The van der Waals surface area contributed by atoms with Gasteiger partial charge in [-0.15, -0.1) is 5.10 Å². The SMILES string of the molecule is CCc1nc(SCC(=O)Nc2cc(C)ccc2C)n[nH]1. The number of thioether (sulfide) groups is 1. The molecule has 20 heavy (non-hydrogen) atoms. The van der Waals surface area contributed by atoms with Gasteiger partial charge in [-0.2, -0.15) is 0 Å². The van der Waals surface area contributed by atoms with E-state index in [0.717, 1.165) is 29.1 Å². The molecule has 0 aliphatic rings. The zero-order chi connectivity index (χ0) is 14.5. The van der Waals surface area contributed by atoms with Gasteiger partial charge < -0.3 is 5.32 Å². The van der Waals surface area contributed by atoms with Gasteiger partial charge in [0.2, 0.25) is 11.1 Å². The fourth-order valence-electron chi connectivity index (χ4n) is 1.69. The molecule has 0 aliphatic heterocycles. The first-order chi connectivity index (χ1) is 9.58. The van der Waals surface area contributed by atoms with E-state index in [1.807, 2.05) is 39.0 Å². The summed E-state index contributed by atoms with van der Waals surface area (Å²) in [5.41, 5.74) is 3.04. The van der Waals surface area contributed by atoms with Gasteiger partial charge >= 0.3 is 0 Å². The van der Waals surface area contributed by atoms with E-state index >= 15 is 0 Å². The number of H-pyrrole nitrogens is 1. The molecule has 1 amide bonds. The van der Waals surface area contributed by atoms with E-state index < -0.39 is 0 Å². The largest absolute Gasteiger partial charge is 0.325 e. The summed E-state index contributed by atoms with van der Waals surface area (Å²) in [5, 5.41) is 10.4. The van der Waals surface area contributed by atoms with Gasteiger partial charge in [0.05, 0.1) is 5.75 Å². The Hall–Kier alpha value is -1.82. The lowest BCUT2D eigenvalue weighted by atomic mass is 10.1. The van der Waals surface area contributed by atoms with E-state index in [1.54, 1.807) is 0 Å². The Morgan fingerprint density at radius 2 is 2.20 bits per heavy atom. The number of aromatic amines is 1. The van der Waals surface area contributed by atoms with E-state index in [1.165, 1.54) is 11.8 Å². The molecule has 2 N–H and O–H groups in total. The van der Waals surface area contributed by atoms with Crippen molar-refractivity contribution in [1.29, 1.82) is 0 Å². The van der Waals surface area contributed by atoms with Crippen molar-refractivity contribution in [1.82, 2.24) is 15.2 Å². The van der Waals surface area contributed by atoms with Crippen LogP contribution in [0.5, 0.6) is 0 Å². The van der Waals surface area contributed by atoms with Crippen molar-refractivity contribution in [2.45, 2.75) is 32.3 Å². The molecular formula is C14H18N4OS. The van der Waals surface area contributed by atoms with Crippen molar-refractivity contribution in [2.75, 3.05) is 11.1 Å². The van der Waals surface area contributed by atoms with Crippen LogP contribution in [0.3, 0.4) is 0 Å². The summed E-state index contributed by atoms with van der Waals surface area (Å²) >= 11 is 1.33. The monoisotopic (exact) mass is 290 g/mol. The van der Waals surface area contributed by atoms with Crippen molar-refractivity contribution in [3.63, 3.8) is 0 Å². The number of aromatic nitrogens is 3. The molecule has 0 saturated carbocycles. The van der Waals surface area contributed by atoms with Gasteiger partial charge in [-0.25, -0.2) is 4.98 Å². The van der Waals surface area contributed by atoms with Crippen LogP contribution < -0.4 is 5.32 Å². The minimum absolute atomic E-state index is 0.0495. The molecule has 0 unspecified atom stereocenters. The molecule has 1 aromatic carbocycles. The van der Waals surface area contributed by atoms with Gasteiger partial charge in [-0.3, -0.25) is 9.89 Å². The van der Waals surface area contributed by atoms with E-state index in [0.29, 0.717) is 10.9 Å². The number of nitrogens with zero attached hydrogens (tertiary/aromatic N) is 2. The first-order valence-electron chi connectivity index (χ1n) is 6.49. The summed E-state index contributed by atoms with van der Waals surface area (Å²) in [5.74, 6) is 1.09. The van der Waals surface area contributed by atoms with Crippen molar-refractivity contribution in [2.24, 2.45) is 0 Å². The fraction of sp³-hybridized carbons (Fsp3) is 0.357. The Labute approximate surface area is 122 Å². The predicted octanol–water partition coefficient (Wildman–Crippen LogP) is 2.71. The Bertz CT molecular complexity index is 609. The van der Waals surface area contributed by atoms with Crippen LogP contribution in [0.25, 0.3) is 0 Å². The molecule has 0 aliphatic carbocycles. The van der Waals surface area contributed by atoms with Crippen LogP contribution in [0.4, 0.5) is 5.69 Å². The molecule has 0 atom stereocenters. The molecule has 1 heterocycles. The molecule has 2 aromatic rings. The number of carbonyl (C=O) groups is 1. The van der Waals surface area contributed by atoms with Crippen LogP contribution >= 0.6 is 11.8 Å². The Balaban J connectivity index is 1.90. The molecule has 1 aromatic heterocycles. The zero-order valence-corrected chi connectivity index (χ0v) is 12.7. The molecule has 5 nitrogen and oxygen atoms in total. The van der Waals surface area contributed by atoms with Crippen LogP contribution in [0.15, 0.2) is 23.4 Å². The summed E-state index contributed by atoms with van der Waals surface area (Å²) < 4.78 is 0. The zero-order valence-electron chi connectivity index (χ0n) is 11.9. The molecule has 2 rings (SSSR count). The van der Waals surface area contributed by atoms with E-state index in [4.69, 9.17) is 0 Å². The highest BCUT2D eigenvalue weighted by atomic mass is 32.2. The van der Waals surface area contributed by atoms with Crippen molar-refractivity contribution < 1.29 is 4.79 Å². The molecule has 0 saturated heterocycles. The second-order valence-corrected chi connectivity index (χ2v) is 5.52. The maximum Gasteiger partial charge on any atom is 0.234 e. The van der Waals surface area contributed by atoms with Crippen molar-refractivity contribution in [3.8, 4) is 0 Å². The quantitative estimate of drug-likeness (QED) is 0.831. The molecular weight excluding hydrogens is 272 g/mol. The van der Waals surface area contributed by atoms with Crippen LogP contribution in [-0.4, -0.2) is 26.8 Å². The number of anilines is 1. The standard InChI is InChI=1S/C14H18N4OS/c1-4-12-16-14(18-17-12)20-8-13(19)15-11-7-9(2)5-6-10(11)3/h5-7H,4,8H2,1-3H3,(H,15,19)(H,16,17,18). The van der Waals surface area contributed by atoms with E-state index in [-0.39, 0.29) is 5.91 Å². The summed E-state index contributed by atoms with van der Waals surface area (Å²) in [7, 11) is 0. The van der Waals surface area contributed by atoms with Crippen LogP contribution in [0.2, 0.25) is 0 Å². The highest BCUT2D eigenvalue weighted by Crippen LogP contribution is 2.18. The Morgan fingerprint density at radius 3 is 2.90 bits per heavy atom. The van der Waals surface area contributed by atoms with Gasteiger partial charge in [0, 0.05) is 12.1 Å². The number of carbonyl (C=O) groups excluding carboxylic acids is 1. The van der Waals surface area contributed by atoms with Gasteiger partial charge in [0.1, 0.15) is 5.82 Å². The Kier molecular flexibility index (Phi) is 4.79. The smallest absolute Gasteiger partial charge is 0.234 e. The number of rotatable bonds is 5. The third kappa shape index (κ3) is 3.84. The van der Waals surface area contributed by atoms with Crippen LogP contribution in [0.1, 0.15) is 23.9 Å². The minimum Gasteiger partial charge on any atom is -0.325 e. The Morgan fingerprint density at radius 1 is 1.40 bits per heavy atom. The third-order valence-electron chi connectivity index (χ3n) is 2.85. The summed E-state index contributed by atoms with van der Waals surface area (Å²) in [6.07, 6.45) is 0.808. The predicted molar refractivity (Wildman–Crippen MR) is 81.0 cm³/mol. The molecule has 0 spiro atoms. The average molecular weight is 290 g/mol. The van der Waals surface area contributed by atoms with E-state index in [9.17, 15) is 4.79 Å². The van der Waals surface area contributed by atoms with Crippen molar-refractivity contribution >= 4 is 23.4 Å². The van der Waals surface area contributed by atoms with Crippen LogP contribution in [-0.2, 0) is 11.2 Å². The van der Waals surface area contributed by atoms with Gasteiger partial charge in [0.25, 0.3) is 0 Å². The fourth-order valence-corrected chi connectivity index (χ4v) is 2.30. The molecule has 0 fully saturated rings. The first kappa shape index (κ1) is 14.6. The first-order valence-corrected chi connectivity index (χ1v) is 7.48. The highest BCUT2D eigenvalue weighted by molar-refractivity contribution is 7.99. The number of hydrogen-bond donors (Lipinski definition) is 2. The second kappa shape index (κ2) is 6.56. The summed E-state index contributed by atoms with van der Waals surface area (Å²) in [6, 6.07) is 6.00. The highest BCUT2D eigenvalue weighted by Gasteiger charge is 2.08. The van der Waals surface area contributed by atoms with Crippen molar-refractivity contribution in [3.05, 3.63) is 35.2 Å². The number of benzene rings is 1. The molecule has 0 radical (unpaired) electrons. The normalized spacial score (nSPS) is 10.6. The molecule has 6 heteroatoms. The van der Waals surface area contributed by atoms with Gasteiger partial charge in [0.15, 0.2) is 0 Å². The van der Waals surface area contributed by atoms with Crippen LogP contribution in [0, 0.1) is 13.8 Å². The average Bonchev–Trinajstić information content (AvgIpc) is 2.89. The summed E-state index contributed by atoms with van der Waals surface area (Å²) in [6.45, 7) is 5.98. The number of hydrogen-bond acceptors (Lipinski definition) is 4.